The van der Waals surface area contributed by atoms with Crippen LogP contribution >= 0.6 is 0 Å². The van der Waals surface area contributed by atoms with Crippen molar-refractivity contribution in [2.75, 3.05) is 26.2 Å². The molecule has 2 aromatic carbocycles. The average Bonchev–Trinajstić information content (AvgIpc) is 3.15. The summed E-state index contributed by atoms with van der Waals surface area (Å²) in [7, 11) is 0. The first-order chi connectivity index (χ1) is 14.2. The first-order valence-corrected chi connectivity index (χ1v) is 9.88. The van der Waals surface area contributed by atoms with Crippen LogP contribution in [0.3, 0.4) is 0 Å². The molecule has 1 unspecified atom stereocenters. The quantitative estimate of drug-likeness (QED) is 0.698. The third-order valence-electron chi connectivity index (χ3n) is 5.10. The molecule has 1 atom stereocenters. The van der Waals surface area contributed by atoms with E-state index in [-0.39, 0.29) is 12.0 Å². The Hall–Kier alpha value is -2.96. The maximum absolute atomic E-state index is 12.9. The van der Waals surface area contributed by atoms with Gasteiger partial charge in [-0.15, -0.1) is 0 Å². The predicted octanol–water partition coefficient (Wildman–Crippen LogP) is 3.28. The smallest absolute Gasteiger partial charge is 0.257 e. The minimum Gasteiger partial charge on any atom is -0.374 e. The highest BCUT2D eigenvalue weighted by Crippen LogP contribution is 2.25. The standard InChI is InChI=1S/C23H25N3O3/c1-17-21(22(25-29-17)19-10-6-3-7-11-19)23(27)24-14-20-16-26(12-13-28-20)15-18-8-4-2-5-9-18/h2-11,20H,12-16H2,1H3,(H,24,27). The summed E-state index contributed by atoms with van der Waals surface area (Å²) < 4.78 is 11.2. The van der Waals surface area contributed by atoms with Crippen molar-refractivity contribution in [3.63, 3.8) is 0 Å². The summed E-state index contributed by atoms with van der Waals surface area (Å²) in [6.45, 7) is 5.42. The van der Waals surface area contributed by atoms with Gasteiger partial charge in [0.15, 0.2) is 0 Å². The van der Waals surface area contributed by atoms with Crippen LogP contribution in [0.15, 0.2) is 65.2 Å². The second kappa shape index (κ2) is 9.03. The van der Waals surface area contributed by atoms with Gasteiger partial charge in [-0.05, 0) is 12.5 Å². The molecule has 0 aliphatic carbocycles. The van der Waals surface area contributed by atoms with E-state index in [1.165, 1.54) is 5.56 Å². The normalized spacial score (nSPS) is 17.2. The molecule has 1 saturated heterocycles. The average molecular weight is 391 g/mol. The fraction of sp³-hybridized carbons (Fsp3) is 0.304. The maximum atomic E-state index is 12.9. The third kappa shape index (κ3) is 4.72. The predicted molar refractivity (Wildman–Crippen MR) is 110 cm³/mol. The highest BCUT2D eigenvalue weighted by atomic mass is 16.5. The number of aromatic nitrogens is 1. The van der Waals surface area contributed by atoms with E-state index in [0.29, 0.717) is 30.2 Å². The molecule has 150 valence electrons. The Bertz CT molecular complexity index is 941. The Kier molecular flexibility index (Phi) is 6.03. The van der Waals surface area contributed by atoms with Crippen LogP contribution in [0.2, 0.25) is 0 Å². The van der Waals surface area contributed by atoms with Crippen LogP contribution in [-0.2, 0) is 11.3 Å². The van der Waals surface area contributed by atoms with Gasteiger partial charge in [-0.3, -0.25) is 9.69 Å². The number of carbonyl (C=O) groups is 1. The molecule has 1 amide bonds. The molecule has 2 heterocycles. The van der Waals surface area contributed by atoms with E-state index in [4.69, 9.17) is 9.26 Å². The molecule has 0 saturated carbocycles. The molecule has 1 aromatic heterocycles. The number of nitrogens with one attached hydrogen (secondary N) is 1. The van der Waals surface area contributed by atoms with Gasteiger partial charge in [-0.25, -0.2) is 0 Å². The van der Waals surface area contributed by atoms with Crippen LogP contribution in [-0.4, -0.2) is 48.3 Å². The van der Waals surface area contributed by atoms with Crippen molar-refractivity contribution >= 4 is 5.91 Å². The molecule has 0 spiro atoms. The van der Waals surface area contributed by atoms with E-state index in [1.54, 1.807) is 6.92 Å². The van der Waals surface area contributed by atoms with Crippen LogP contribution < -0.4 is 5.32 Å². The maximum Gasteiger partial charge on any atom is 0.257 e. The summed E-state index contributed by atoms with van der Waals surface area (Å²) in [6.07, 6.45) is -0.0447. The van der Waals surface area contributed by atoms with Crippen LogP contribution in [0.25, 0.3) is 11.3 Å². The number of hydrogen-bond acceptors (Lipinski definition) is 5. The van der Waals surface area contributed by atoms with Crippen molar-refractivity contribution in [1.82, 2.24) is 15.4 Å². The summed E-state index contributed by atoms with van der Waals surface area (Å²) >= 11 is 0. The highest BCUT2D eigenvalue weighted by Gasteiger charge is 2.24. The molecular formula is C23H25N3O3. The molecule has 1 fully saturated rings. The number of ether oxygens (including phenoxy) is 1. The van der Waals surface area contributed by atoms with Gasteiger partial charge in [-0.2, -0.15) is 0 Å². The zero-order valence-electron chi connectivity index (χ0n) is 16.5. The molecular weight excluding hydrogens is 366 g/mol. The van der Waals surface area contributed by atoms with E-state index < -0.39 is 0 Å². The first-order valence-electron chi connectivity index (χ1n) is 9.88. The monoisotopic (exact) mass is 391 g/mol. The number of nitrogens with zero attached hydrogens (tertiary/aromatic N) is 2. The van der Waals surface area contributed by atoms with E-state index in [9.17, 15) is 4.79 Å². The number of hydrogen-bond donors (Lipinski definition) is 1. The van der Waals surface area contributed by atoms with Crippen molar-refractivity contribution in [2.24, 2.45) is 0 Å². The number of aryl methyl sites for hydroxylation is 1. The fourth-order valence-electron chi connectivity index (χ4n) is 3.62. The largest absolute Gasteiger partial charge is 0.374 e. The number of rotatable bonds is 6. The lowest BCUT2D eigenvalue weighted by atomic mass is 10.1. The summed E-state index contributed by atoms with van der Waals surface area (Å²) in [5.74, 6) is 0.322. The minimum atomic E-state index is -0.189. The van der Waals surface area contributed by atoms with Gasteiger partial charge in [-0.1, -0.05) is 65.8 Å². The van der Waals surface area contributed by atoms with Crippen LogP contribution in [0.5, 0.6) is 0 Å². The van der Waals surface area contributed by atoms with Gasteiger partial charge in [0.25, 0.3) is 5.91 Å². The number of morpholine rings is 1. The zero-order valence-corrected chi connectivity index (χ0v) is 16.5. The molecule has 0 bridgehead atoms. The number of benzene rings is 2. The van der Waals surface area contributed by atoms with Crippen molar-refractivity contribution in [1.29, 1.82) is 0 Å². The SMILES string of the molecule is Cc1onc(-c2ccccc2)c1C(=O)NCC1CN(Cc2ccccc2)CCO1. The molecule has 4 rings (SSSR count). The molecule has 1 aliphatic rings. The van der Waals surface area contributed by atoms with Gasteiger partial charge in [0.05, 0.1) is 12.7 Å². The van der Waals surface area contributed by atoms with Crippen LogP contribution in [0.1, 0.15) is 21.7 Å². The summed E-state index contributed by atoms with van der Waals surface area (Å²) in [5.41, 5.74) is 3.19. The van der Waals surface area contributed by atoms with Crippen molar-refractivity contribution in [3.8, 4) is 11.3 Å². The Morgan fingerprint density at radius 3 is 2.62 bits per heavy atom. The van der Waals surface area contributed by atoms with Crippen LogP contribution in [0, 0.1) is 6.92 Å². The Labute approximate surface area is 170 Å². The van der Waals surface area contributed by atoms with E-state index in [2.05, 4.69) is 39.6 Å². The lowest BCUT2D eigenvalue weighted by molar-refractivity contribution is -0.0292. The van der Waals surface area contributed by atoms with E-state index in [0.717, 1.165) is 25.2 Å². The summed E-state index contributed by atoms with van der Waals surface area (Å²) in [6, 6.07) is 20.0. The molecule has 3 aromatic rings. The lowest BCUT2D eigenvalue weighted by Gasteiger charge is -2.33. The number of carbonyl (C=O) groups excluding carboxylic acids is 1. The van der Waals surface area contributed by atoms with Gasteiger partial charge in [0, 0.05) is 31.7 Å². The van der Waals surface area contributed by atoms with Gasteiger partial charge >= 0.3 is 0 Å². The highest BCUT2D eigenvalue weighted by molar-refractivity contribution is 6.00. The Balaban J connectivity index is 1.37. The molecule has 6 nitrogen and oxygen atoms in total. The third-order valence-corrected chi connectivity index (χ3v) is 5.10. The first kappa shape index (κ1) is 19.4. The van der Waals surface area contributed by atoms with Crippen molar-refractivity contribution in [3.05, 3.63) is 77.6 Å². The molecule has 1 aliphatic heterocycles. The topological polar surface area (TPSA) is 67.6 Å². The van der Waals surface area contributed by atoms with Crippen molar-refractivity contribution in [2.45, 2.75) is 19.6 Å². The molecule has 29 heavy (non-hydrogen) atoms. The zero-order chi connectivity index (χ0) is 20.1. The van der Waals surface area contributed by atoms with Gasteiger partial charge in [0.2, 0.25) is 0 Å². The van der Waals surface area contributed by atoms with E-state index >= 15 is 0 Å². The molecule has 0 radical (unpaired) electrons. The van der Waals surface area contributed by atoms with Crippen LogP contribution in [0.4, 0.5) is 0 Å². The second-order valence-electron chi connectivity index (χ2n) is 7.25. The fourth-order valence-corrected chi connectivity index (χ4v) is 3.62. The minimum absolute atomic E-state index is 0.0447. The summed E-state index contributed by atoms with van der Waals surface area (Å²) in [5, 5.41) is 7.08. The molecule has 6 heteroatoms. The van der Waals surface area contributed by atoms with E-state index in [1.807, 2.05) is 36.4 Å². The summed E-state index contributed by atoms with van der Waals surface area (Å²) in [4.78, 5) is 15.2. The van der Waals surface area contributed by atoms with Gasteiger partial charge < -0.3 is 14.6 Å². The Morgan fingerprint density at radius 2 is 1.86 bits per heavy atom. The molecule has 1 N–H and O–H groups in total. The van der Waals surface area contributed by atoms with Crippen molar-refractivity contribution < 1.29 is 14.1 Å². The second-order valence-corrected chi connectivity index (χ2v) is 7.25. The lowest BCUT2D eigenvalue weighted by Crippen LogP contribution is -2.47. The Morgan fingerprint density at radius 1 is 1.14 bits per heavy atom. The van der Waals surface area contributed by atoms with Gasteiger partial charge in [0.1, 0.15) is 17.0 Å². The number of amides is 1.